The summed E-state index contributed by atoms with van der Waals surface area (Å²) in [7, 11) is 0. The van der Waals surface area contributed by atoms with Crippen LogP contribution < -0.4 is 0 Å². The number of aromatic nitrogens is 1. The van der Waals surface area contributed by atoms with E-state index in [1.165, 1.54) is 11.1 Å². The van der Waals surface area contributed by atoms with E-state index in [1.54, 1.807) is 0 Å². The van der Waals surface area contributed by atoms with Gasteiger partial charge in [0.05, 0.1) is 25.9 Å². The average molecular weight is 249 g/mol. The largest absolute Gasteiger partial charge is 0.376 e. The van der Waals surface area contributed by atoms with Crippen LogP contribution in [0.25, 0.3) is 0 Å². The van der Waals surface area contributed by atoms with E-state index in [4.69, 9.17) is 9.47 Å². The number of aryl methyl sites for hydroxylation is 1. The summed E-state index contributed by atoms with van der Waals surface area (Å²) in [5.74, 6) is 0. The zero-order chi connectivity index (χ0) is 13.0. The van der Waals surface area contributed by atoms with Gasteiger partial charge in [-0.3, -0.25) is 4.98 Å². The summed E-state index contributed by atoms with van der Waals surface area (Å²) >= 11 is 0. The fourth-order valence-electron chi connectivity index (χ4n) is 2.07. The van der Waals surface area contributed by atoms with E-state index >= 15 is 0 Å². The van der Waals surface area contributed by atoms with E-state index in [2.05, 4.69) is 31.8 Å². The SMILES string of the molecule is CC(C)(C)c1cncc(CCC2COCCO2)c1. The molecule has 1 saturated heterocycles. The van der Waals surface area contributed by atoms with Gasteiger partial charge in [-0.05, 0) is 29.4 Å². The van der Waals surface area contributed by atoms with Crippen LogP contribution in [-0.2, 0) is 21.3 Å². The lowest BCUT2D eigenvalue weighted by Crippen LogP contribution is -2.28. The molecular formula is C15H23NO2. The van der Waals surface area contributed by atoms with Crippen LogP contribution in [0.3, 0.4) is 0 Å². The summed E-state index contributed by atoms with van der Waals surface area (Å²) in [4.78, 5) is 4.34. The maximum absolute atomic E-state index is 5.65. The minimum Gasteiger partial charge on any atom is -0.376 e. The van der Waals surface area contributed by atoms with Crippen molar-refractivity contribution in [3.05, 3.63) is 29.6 Å². The Morgan fingerprint density at radius 3 is 2.78 bits per heavy atom. The first-order chi connectivity index (χ1) is 8.55. The zero-order valence-corrected chi connectivity index (χ0v) is 11.6. The van der Waals surface area contributed by atoms with E-state index in [0.717, 1.165) is 32.7 Å². The molecule has 1 aliphatic heterocycles. The number of pyridine rings is 1. The van der Waals surface area contributed by atoms with Crippen LogP contribution in [0.15, 0.2) is 18.5 Å². The molecule has 18 heavy (non-hydrogen) atoms. The Balaban J connectivity index is 1.92. The molecule has 2 rings (SSSR count). The van der Waals surface area contributed by atoms with Crippen LogP contribution in [0.4, 0.5) is 0 Å². The Morgan fingerprint density at radius 1 is 1.28 bits per heavy atom. The van der Waals surface area contributed by atoms with Gasteiger partial charge in [-0.15, -0.1) is 0 Å². The molecule has 1 atom stereocenters. The number of nitrogens with zero attached hydrogens (tertiary/aromatic N) is 1. The fraction of sp³-hybridized carbons (Fsp3) is 0.667. The first-order valence-electron chi connectivity index (χ1n) is 6.69. The summed E-state index contributed by atoms with van der Waals surface area (Å²) in [6, 6.07) is 2.26. The normalized spacial score (nSPS) is 20.9. The molecule has 1 unspecified atom stereocenters. The Kier molecular flexibility index (Phi) is 4.36. The summed E-state index contributed by atoms with van der Waals surface area (Å²) < 4.78 is 11.1. The maximum atomic E-state index is 5.65. The Labute approximate surface area is 110 Å². The molecule has 0 bridgehead atoms. The number of rotatable bonds is 3. The third kappa shape index (κ3) is 3.79. The zero-order valence-electron chi connectivity index (χ0n) is 11.6. The first-order valence-corrected chi connectivity index (χ1v) is 6.69. The molecule has 100 valence electrons. The highest BCUT2D eigenvalue weighted by molar-refractivity contribution is 5.24. The van der Waals surface area contributed by atoms with Crippen LogP contribution in [0, 0.1) is 0 Å². The van der Waals surface area contributed by atoms with Crippen molar-refractivity contribution in [2.75, 3.05) is 19.8 Å². The smallest absolute Gasteiger partial charge is 0.0812 e. The second-order valence-corrected chi connectivity index (χ2v) is 5.94. The third-order valence-corrected chi connectivity index (χ3v) is 3.30. The molecule has 0 radical (unpaired) electrons. The highest BCUT2D eigenvalue weighted by Crippen LogP contribution is 2.22. The van der Waals surface area contributed by atoms with Crippen LogP contribution in [0.1, 0.15) is 38.3 Å². The first kappa shape index (κ1) is 13.5. The van der Waals surface area contributed by atoms with E-state index < -0.39 is 0 Å². The molecule has 0 aliphatic carbocycles. The molecular weight excluding hydrogens is 226 g/mol. The molecule has 2 heterocycles. The van der Waals surface area contributed by atoms with Crippen molar-refractivity contribution < 1.29 is 9.47 Å². The summed E-state index contributed by atoms with van der Waals surface area (Å²) in [5, 5.41) is 0. The van der Waals surface area contributed by atoms with Gasteiger partial charge in [0.2, 0.25) is 0 Å². The van der Waals surface area contributed by atoms with Crippen molar-refractivity contribution in [3.63, 3.8) is 0 Å². The molecule has 0 aromatic carbocycles. The Hall–Kier alpha value is -0.930. The van der Waals surface area contributed by atoms with Gasteiger partial charge >= 0.3 is 0 Å². The highest BCUT2D eigenvalue weighted by Gasteiger charge is 2.16. The molecule has 1 fully saturated rings. The number of ether oxygens (including phenoxy) is 2. The van der Waals surface area contributed by atoms with Crippen LogP contribution >= 0.6 is 0 Å². The molecule has 3 heteroatoms. The van der Waals surface area contributed by atoms with E-state index in [9.17, 15) is 0 Å². The lowest BCUT2D eigenvalue weighted by Gasteiger charge is -2.23. The highest BCUT2D eigenvalue weighted by atomic mass is 16.6. The molecule has 0 saturated carbocycles. The van der Waals surface area contributed by atoms with Gasteiger partial charge in [-0.25, -0.2) is 0 Å². The lowest BCUT2D eigenvalue weighted by molar-refractivity contribution is -0.0903. The van der Waals surface area contributed by atoms with Crippen molar-refractivity contribution in [2.24, 2.45) is 0 Å². The second-order valence-electron chi connectivity index (χ2n) is 5.94. The third-order valence-electron chi connectivity index (χ3n) is 3.30. The second kappa shape index (κ2) is 5.81. The number of hydrogen-bond acceptors (Lipinski definition) is 3. The minimum atomic E-state index is 0.160. The summed E-state index contributed by atoms with van der Waals surface area (Å²) in [6.07, 6.45) is 6.18. The maximum Gasteiger partial charge on any atom is 0.0812 e. The van der Waals surface area contributed by atoms with Crippen LogP contribution in [0.5, 0.6) is 0 Å². The monoisotopic (exact) mass is 249 g/mol. The van der Waals surface area contributed by atoms with Crippen LogP contribution in [-0.4, -0.2) is 30.9 Å². The van der Waals surface area contributed by atoms with Crippen molar-refractivity contribution in [2.45, 2.75) is 45.1 Å². The quantitative estimate of drug-likeness (QED) is 0.825. The van der Waals surface area contributed by atoms with Crippen LogP contribution in [0.2, 0.25) is 0 Å². The van der Waals surface area contributed by atoms with E-state index in [1.807, 2.05) is 12.4 Å². The van der Waals surface area contributed by atoms with Gasteiger partial charge in [-0.1, -0.05) is 26.8 Å². The molecule has 1 aliphatic rings. The van der Waals surface area contributed by atoms with Crippen molar-refractivity contribution >= 4 is 0 Å². The molecule has 3 nitrogen and oxygen atoms in total. The number of hydrogen-bond donors (Lipinski definition) is 0. The average Bonchev–Trinajstić information content (AvgIpc) is 2.37. The topological polar surface area (TPSA) is 31.4 Å². The molecule has 1 aromatic heterocycles. The Bertz CT molecular complexity index is 378. The lowest BCUT2D eigenvalue weighted by atomic mass is 9.87. The van der Waals surface area contributed by atoms with Crippen molar-refractivity contribution in [3.8, 4) is 0 Å². The van der Waals surface area contributed by atoms with Gasteiger partial charge < -0.3 is 9.47 Å². The van der Waals surface area contributed by atoms with Gasteiger partial charge in [-0.2, -0.15) is 0 Å². The van der Waals surface area contributed by atoms with Gasteiger partial charge in [0.1, 0.15) is 0 Å². The van der Waals surface area contributed by atoms with Crippen molar-refractivity contribution in [1.82, 2.24) is 4.98 Å². The fourth-order valence-corrected chi connectivity index (χ4v) is 2.07. The molecule has 0 N–H and O–H groups in total. The van der Waals surface area contributed by atoms with E-state index in [0.29, 0.717) is 0 Å². The Morgan fingerprint density at radius 2 is 2.11 bits per heavy atom. The minimum absolute atomic E-state index is 0.160. The molecule has 0 spiro atoms. The van der Waals surface area contributed by atoms with Gasteiger partial charge in [0.25, 0.3) is 0 Å². The van der Waals surface area contributed by atoms with Gasteiger partial charge in [0, 0.05) is 12.4 Å². The summed E-state index contributed by atoms with van der Waals surface area (Å²) in [5.41, 5.74) is 2.74. The van der Waals surface area contributed by atoms with E-state index in [-0.39, 0.29) is 11.5 Å². The van der Waals surface area contributed by atoms with Gasteiger partial charge in [0.15, 0.2) is 0 Å². The molecule has 0 amide bonds. The predicted molar refractivity (Wildman–Crippen MR) is 71.8 cm³/mol. The summed E-state index contributed by atoms with van der Waals surface area (Å²) in [6.45, 7) is 8.83. The predicted octanol–water partition coefficient (Wildman–Crippen LogP) is 2.73. The van der Waals surface area contributed by atoms with Crippen molar-refractivity contribution in [1.29, 1.82) is 0 Å². The standard InChI is InChI=1S/C15H23NO2/c1-15(2,3)13-8-12(9-16-10-13)4-5-14-11-17-6-7-18-14/h8-10,14H,4-7,11H2,1-3H3. The molecule has 1 aromatic rings.